The maximum Gasteiger partial charge on any atom is 0.421 e. The molecule has 26 heteroatoms. The van der Waals surface area contributed by atoms with Gasteiger partial charge in [-0.3, -0.25) is 19.1 Å². The lowest BCUT2D eigenvalue weighted by Crippen LogP contribution is -2.45. The number of fused-ring (bicyclic) bond motifs is 2. The Hall–Kier alpha value is -7.48. The van der Waals surface area contributed by atoms with E-state index in [4.69, 9.17) is 9.47 Å². The number of carbonyl (C=O) groups excluding carboxylic acids is 3. The molecule has 8 rings (SSSR count). The van der Waals surface area contributed by atoms with Gasteiger partial charge >= 0.3 is 12.4 Å². The minimum Gasteiger partial charge on any atom is -0.496 e. The van der Waals surface area contributed by atoms with Crippen LogP contribution in [0.5, 0.6) is 5.75 Å². The summed E-state index contributed by atoms with van der Waals surface area (Å²) in [6, 6.07) is 14.5. The van der Waals surface area contributed by atoms with Crippen LogP contribution in [0.2, 0.25) is 0 Å². The van der Waals surface area contributed by atoms with Gasteiger partial charge < -0.3 is 46.7 Å². The first-order valence-electron chi connectivity index (χ1n) is 19.5. The standard InChI is InChI=1S/C22H21F3N6O4S.C18H17F3N6O3/c1-35-18-6-4-15(31-36(2,33)34)8-13(18)10-26-20-16(22(23,24)25)11-27-21(30-20)28-14-3-5-17-12(7-14)9-19(32)29-17;19-18(20,21)12-7-24-17(25-10-1-2-13-9(3-10)4-14(28)26-13)27-16(12)23-6-11-5-22-15(29)8-30-11/h3-8,11,31H,9-10H2,1-2H3,(H,29,32)(H2,26,27,28,30);1-3,7,11H,4-6,8H2,(H,22,29)(H,26,28)(H2,23,24,25,27). The van der Waals surface area contributed by atoms with Crippen LogP contribution in [-0.2, 0) is 60.9 Å². The molecule has 1 fully saturated rings. The number of hydrogen-bond acceptors (Lipinski definition) is 15. The molecule has 1 unspecified atom stereocenters. The fourth-order valence-corrected chi connectivity index (χ4v) is 7.24. The molecule has 0 spiro atoms. The van der Waals surface area contributed by atoms with Gasteiger partial charge in [0, 0.05) is 66.0 Å². The Kier molecular flexibility index (Phi) is 13.3. The minimum absolute atomic E-state index is 0.0203. The molecule has 5 aromatic rings. The average molecular weight is 945 g/mol. The zero-order valence-corrected chi connectivity index (χ0v) is 35.3. The van der Waals surface area contributed by atoms with Gasteiger partial charge in [0.25, 0.3) is 0 Å². The maximum absolute atomic E-state index is 13.6. The van der Waals surface area contributed by atoms with Crippen LogP contribution in [0.1, 0.15) is 27.8 Å². The first-order valence-corrected chi connectivity index (χ1v) is 21.4. The number of carbonyl (C=O) groups is 3. The van der Waals surface area contributed by atoms with Crippen LogP contribution in [-0.4, -0.2) is 85.2 Å². The van der Waals surface area contributed by atoms with Gasteiger partial charge in [0.2, 0.25) is 39.6 Å². The molecule has 5 heterocycles. The lowest BCUT2D eigenvalue weighted by atomic mass is 10.1. The van der Waals surface area contributed by atoms with E-state index in [1.54, 1.807) is 36.4 Å². The van der Waals surface area contributed by atoms with Crippen molar-refractivity contribution in [2.45, 2.75) is 37.8 Å². The minimum atomic E-state index is -4.73. The summed E-state index contributed by atoms with van der Waals surface area (Å²) in [4.78, 5) is 49.7. The van der Waals surface area contributed by atoms with Gasteiger partial charge in [-0.2, -0.15) is 36.3 Å². The quantitative estimate of drug-likeness (QED) is 0.0690. The predicted octanol–water partition coefficient (Wildman–Crippen LogP) is 5.39. The number of benzene rings is 3. The average Bonchev–Trinajstić information content (AvgIpc) is 3.81. The number of nitrogens with zero attached hydrogens (tertiary/aromatic N) is 4. The molecule has 19 nitrogen and oxygen atoms in total. The fourth-order valence-electron chi connectivity index (χ4n) is 6.69. The largest absolute Gasteiger partial charge is 0.496 e. The molecule has 0 saturated carbocycles. The van der Waals surface area contributed by atoms with Crippen molar-refractivity contribution >= 4 is 79.7 Å². The second kappa shape index (κ2) is 18.9. The van der Waals surface area contributed by atoms with E-state index in [9.17, 15) is 49.1 Å². The summed E-state index contributed by atoms with van der Waals surface area (Å²) in [5, 5.41) is 19.0. The summed E-state index contributed by atoms with van der Waals surface area (Å²) in [6.07, 6.45) is -7.11. The van der Waals surface area contributed by atoms with Gasteiger partial charge in [-0.05, 0) is 65.7 Å². The molecule has 0 aliphatic carbocycles. The van der Waals surface area contributed by atoms with E-state index < -0.39 is 51.2 Å². The molecule has 348 valence electrons. The lowest BCUT2D eigenvalue weighted by Gasteiger charge is -2.24. The SMILES string of the molecule is COc1ccc(NS(C)(=O)=O)cc1CNc1nc(Nc2ccc3c(c2)CC(=O)N3)ncc1C(F)(F)F.O=C1COC(CNc2nc(Nc3ccc4c(c3)CC(=O)N4)ncc2C(F)(F)F)CN1. The van der Waals surface area contributed by atoms with Crippen molar-refractivity contribution in [3.05, 3.63) is 94.8 Å². The van der Waals surface area contributed by atoms with Gasteiger partial charge in [-0.15, -0.1) is 0 Å². The number of sulfonamides is 1. The summed E-state index contributed by atoms with van der Waals surface area (Å²) in [6.45, 7) is -0.100. The third-order valence-electron chi connectivity index (χ3n) is 9.67. The molecule has 8 N–H and O–H groups in total. The molecule has 0 bridgehead atoms. The zero-order valence-electron chi connectivity index (χ0n) is 34.5. The number of morpholine rings is 1. The van der Waals surface area contributed by atoms with Gasteiger partial charge in [0.05, 0.1) is 32.3 Å². The van der Waals surface area contributed by atoms with E-state index >= 15 is 0 Å². The van der Waals surface area contributed by atoms with Crippen LogP contribution in [0, 0.1) is 0 Å². The van der Waals surface area contributed by atoms with Gasteiger partial charge in [-0.25, -0.2) is 18.4 Å². The molecule has 0 radical (unpaired) electrons. The van der Waals surface area contributed by atoms with E-state index in [-0.39, 0.29) is 74.4 Å². The van der Waals surface area contributed by atoms with Crippen molar-refractivity contribution in [1.82, 2.24) is 25.3 Å². The van der Waals surface area contributed by atoms with Gasteiger partial charge in [0.1, 0.15) is 35.1 Å². The number of methoxy groups -OCH3 is 1. The topological polar surface area (TPSA) is 252 Å². The van der Waals surface area contributed by atoms with E-state index in [1.807, 2.05) is 0 Å². The smallest absolute Gasteiger partial charge is 0.421 e. The van der Waals surface area contributed by atoms with Crippen molar-refractivity contribution in [2.75, 3.05) is 69.7 Å². The van der Waals surface area contributed by atoms with Crippen LogP contribution in [0.4, 0.5) is 78.3 Å². The lowest BCUT2D eigenvalue weighted by molar-refractivity contribution is -0.138. The van der Waals surface area contributed by atoms with E-state index in [0.717, 1.165) is 17.4 Å². The molecule has 66 heavy (non-hydrogen) atoms. The Bertz CT molecular complexity index is 2790. The molecule has 3 aromatic carbocycles. The van der Waals surface area contributed by atoms with Crippen molar-refractivity contribution < 1.29 is 58.6 Å². The van der Waals surface area contributed by atoms with Crippen LogP contribution in [0.15, 0.2) is 67.0 Å². The highest BCUT2D eigenvalue weighted by atomic mass is 32.2. The molecule has 1 atom stereocenters. The van der Waals surface area contributed by atoms with Crippen molar-refractivity contribution in [2.24, 2.45) is 0 Å². The zero-order chi connectivity index (χ0) is 47.4. The van der Waals surface area contributed by atoms with E-state index in [2.05, 4.69) is 61.9 Å². The number of rotatable bonds is 13. The Morgan fingerprint density at radius 3 is 1.76 bits per heavy atom. The van der Waals surface area contributed by atoms with Crippen LogP contribution in [0.3, 0.4) is 0 Å². The third kappa shape index (κ3) is 12.0. The summed E-state index contributed by atoms with van der Waals surface area (Å²) < 4.78 is 117. The highest BCUT2D eigenvalue weighted by Crippen LogP contribution is 2.37. The molecule has 3 amide bonds. The fraction of sp³-hybridized carbons (Fsp3) is 0.275. The summed E-state index contributed by atoms with van der Waals surface area (Å²) in [5.74, 6) is -1.24. The second-order valence-corrected chi connectivity index (χ2v) is 16.5. The monoisotopic (exact) mass is 944 g/mol. The molecule has 3 aliphatic heterocycles. The highest BCUT2D eigenvalue weighted by Gasteiger charge is 2.37. The van der Waals surface area contributed by atoms with E-state index in [1.165, 1.54) is 25.3 Å². The highest BCUT2D eigenvalue weighted by molar-refractivity contribution is 7.92. The van der Waals surface area contributed by atoms with E-state index in [0.29, 0.717) is 46.5 Å². The number of alkyl halides is 6. The molecule has 1 saturated heterocycles. The molecular weight excluding hydrogens is 907 g/mol. The maximum atomic E-state index is 13.6. The first-order chi connectivity index (χ1) is 31.2. The van der Waals surface area contributed by atoms with Crippen molar-refractivity contribution in [3.8, 4) is 5.75 Å². The Morgan fingerprint density at radius 2 is 1.27 bits per heavy atom. The number of ether oxygens (including phenoxy) is 2. The van der Waals surface area contributed by atoms with Crippen molar-refractivity contribution in [3.63, 3.8) is 0 Å². The molecule has 3 aliphatic rings. The number of anilines is 9. The second-order valence-electron chi connectivity index (χ2n) is 14.7. The van der Waals surface area contributed by atoms with Gasteiger partial charge in [0.15, 0.2) is 0 Å². The number of halogens is 6. The molecular formula is C40H38F6N12O7S. The summed E-state index contributed by atoms with van der Waals surface area (Å²) >= 11 is 0. The molecule has 2 aromatic heterocycles. The Morgan fingerprint density at radius 1 is 0.742 bits per heavy atom. The normalized spacial score (nSPS) is 15.5. The summed E-state index contributed by atoms with van der Waals surface area (Å²) in [5.41, 5.74) is 2.42. The first kappa shape index (κ1) is 46.5. The number of amides is 3. The van der Waals surface area contributed by atoms with Gasteiger partial charge in [-0.1, -0.05) is 0 Å². The Balaban J connectivity index is 0.000000199. The number of nitrogens with one attached hydrogen (secondary N) is 8. The van der Waals surface area contributed by atoms with Crippen molar-refractivity contribution in [1.29, 1.82) is 0 Å². The van der Waals surface area contributed by atoms with Crippen LogP contribution >= 0.6 is 0 Å². The van der Waals surface area contributed by atoms with Crippen LogP contribution in [0.25, 0.3) is 0 Å². The number of hydrogen-bond donors (Lipinski definition) is 8. The van der Waals surface area contributed by atoms with Crippen LogP contribution < -0.4 is 46.7 Å². The third-order valence-corrected chi connectivity index (χ3v) is 10.3. The predicted molar refractivity (Wildman–Crippen MR) is 228 cm³/mol. The number of aromatic nitrogens is 4. The Labute approximate surface area is 371 Å². The summed E-state index contributed by atoms with van der Waals surface area (Å²) in [7, 11) is -2.18.